The monoisotopic (exact) mass is 458 g/mol. The highest BCUT2D eigenvalue weighted by atomic mass is 19.1. The predicted molar refractivity (Wildman–Crippen MR) is 123 cm³/mol. The largest absolute Gasteiger partial charge is 0.491 e. The molecule has 0 saturated carbocycles. The highest BCUT2D eigenvalue weighted by Gasteiger charge is 2.20. The van der Waals surface area contributed by atoms with E-state index >= 15 is 0 Å². The Balaban J connectivity index is 1.39. The van der Waals surface area contributed by atoms with Crippen molar-refractivity contribution in [1.29, 1.82) is 0 Å². The zero-order valence-electron chi connectivity index (χ0n) is 19.0. The third-order valence-electron chi connectivity index (χ3n) is 6.22. The Morgan fingerprint density at radius 3 is 2.64 bits per heavy atom. The van der Waals surface area contributed by atoms with Gasteiger partial charge in [-0.05, 0) is 37.1 Å². The second-order valence-electron chi connectivity index (χ2n) is 8.50. The fourth-order valence-electron chi connectivity index (χ4n) is 4.32. The molecule has 0 bridgehead atoms. The molecule has 8 nitrogen and oxygen atoms in total. The van der Waals surface area contributed by atoms with E-state index in [1.807, 2.05) is 0 Å². The minimum Gasteiger partial charge on any atom is -0.491 e. The van der Waals surface area contributed by atoms with Crippen molar-refractivity contribution in [3.05, 3.63) is 58.3 Å². The lowest BCUT2D eigenvalue weighted by Crippen LogP contribution is -2.46. The molecule has 0 radical (unpaired) electrons. The van der Waals surface area contributed by atoms with Gasteiger partial charge in [-0.15, -0.1) is 0 Å². The molecule has 1 aromatic carbocycles. The van der Waals surface area contributed by atoms with Gasteiger partial charge in [0.2, 0.25) is 11.3 Å². The number of anilines is 1. The number of carbonyl (C=O) groups excluding carboxylic acids is 1. The Kier molecular flexibility index (Phi) is 7.61. The van der Waals surface area contributed by atoms with Crippen molar-refractivity contribution < 1.29 is 18.7 Å². The van der Waals surface area contributed by atoms with E-state index in [0.29, 0.717) is 13.1 Å². The zero-order chi connectivity index (χ0) is 23.2. The first-order valence-corrected chi connectivity index (χ1v) is 11.4. The van der Waals surface area contributed by atoms with Gasteiger partial charge in [0.1, 0.15) is 12.4 Å². The van der Waals surface area contributed by atoms with E-state index in [1.54, 1.807) is 29.0 Å². The number of nitrogens with one attached hydrogen (secondary N) is 1. The number of benzene rings is 1. The quantitative estimate of drug-likeness (QED) is 0.648. The third-order valence-corrected chi connectivity index (χ3v) is 6.22. The van der Waals surface area contributed by atoms with Crippen LogP contribution in [0.2, 0.25) is 0 Å². The van der Waals surface area contributed by atoms with Gasteiger partial charge in [0.15, 0.2) is 5.75 Å². The number of nitrogens with zero attached hydrogens (tertiary/aromatic N) is 3. The van der Waals surface area contributed by atoms with Gasteiger partial charge in [-0.2, -0.15) is 0 Å². The van der Waals surface area contributed by atoms with E-state index in [9.17, 15) is 14.0 Å². The van der Waals surface area contributed by atoms with Gasteiger partial charge < -0.3 is 24.3 Å². The van der Waals surface area contributed by atoms with Gasteiger partial charge in [-0.1, -0.05) is 0 Å². The number of aromatic nitrogens is 1. The number of methoxy groups -OCH3 is 1. The van der Waals surface area contributed by atoms with Crippen LogP contribution in [0.25, 0.3) is 0 Å². The second kappa shape index (κ2) is 10.8. The predicted octanol–water partition coefficient (Wildman–Crippen LogP) is 1.61. The molecule has 1 aromatic heterocycles. The smallest absolute Gasteiger partial charge is 0.240 e. The van der Waals surface area contributed by atoms with Crippen LogP contribution in [0.15, 0.2) is 41.3 Å². The average molecular weight is 459 g/mol. The van der Waals surface area contributed by atoms with Crippen LogP contribution in [0, 0.1) is 5.82 Å². The summed E-state index contributed by atoms with van der Waals surface area (Å²) in [5, 5.41) is 2.93. The number of pyridine rings is 1. The Labute approximate surface area is 192 Å². The van der Waals surface area contributed by atoms with Gasteiger partial charge in [0.25, 0.3) is 0 Å². The highest BCUT2D eigenvalue weighted by molar-refractivity contribution is 5.75. The maximum absolute atomic E-state index is 13.2. The molecule has 1 atom stereocenters. The van der Waals surface area contributed by atoms with Crippen LogP contribution >= 0.6 is 0 Å². The summed E-state index contributed by atoms with van der Waals surface area (Å²) >= 11 is 0. The molecule has 9 heteroatoms. The fraction of sp³-hybridized carbons (Fsp3) is 0.500. The summed E-state index contributed by atoms with van der Waals surface area (Å²) in [4.78, 5) is 29.4. The Bertz CT molecular complexity index is 997. The summed E-state index contributed by atoms with van der Waals surface area (Å²) in [6.07, 6.45) is 3.67. The maximum Gasteiger partial charge on any atom is 0.240 e. The molecule has 2 aliphatic rings. The van der Waals surface area contributed by atoms with Crippen LogP contribution in [0.5, 0.6) is 5.75 Å². The number of hydrogen-bond acceptors (Lipinski definition) is 6. The standard InChI is InChI=1S/C24H31FN4O4/c1-32-23-16-29(17-24(31)26-14-21-3-2-12-33-21)20(13-22(23)30)15-27-8-10-28(11-9-27)19-6-4-18(25)5-7-19/h4-7,13,16,21H,2-3,8-12,14-15,17H2,1H3,(H,26,31)/t21-/m0/s1. The van der Waals surface area contributed by atoms with Crippen LogP contribution in [-0.4, -0.2) is 67.9 Å². The number of piperazine rings is 1. The van der Waals surface area contributed by atoms with Crippen molar-refractivity contribution >= 4 is 11.6 Å². The van der Waals surface area contributed by atoms with Crippen LogP contribution in [0.3, 0.4) is 0 Å². The number of carbonyl (C=O) groups is 1. The molecule has 2 aliphatic heterocycles. The van der Waals surface area contributed by atoms with E-state index < -0.39 is 0 Å². The minimum absolute atomic E-state index is 0.0781. The highest BCUT2D eigenvalue weighted by Crippen LogP contribution is 2.18. The van der Waals surface area contributed by atoms with Crippen LogP contribution in [0.4, 0.5) is 10.1 Å². The lowest BCUT2D eigenvalue weighted by atomic mass is 10.2. The van der Waals surface area contributed by atoms with Crippen molar-refractivity contribution in [1.82, 2.24) is 14.8 Å². The van der Waals surface area contributed by atoms with Crippen molar-refractivity contribution in [2.24, 2.45) is 0 Å². The first-order chi connectivity index (χ1) is 16.0. The molecule has 178 valence electrons. The first kappa shape index (κ1) is 23.3. The summed E-state index contributed by atoms with van der Waals surface area (Å²) in [5.41, 5.74) is 1.57. The van der Waals surface area contributed by atoms with E-state index in [0.717, 1.165) is 57.0 Å². The Morgan fingerprint density at radius 1 is 1.21 bits per heavy atom. The SMILES string of the molecule is COc1cn(CC(=O)NC[C@@H]2CCCO2)c(CN2CCN(c3ccc(F)cc3)CC2)cc1=O. The van der Waals surface area contributed by atoms with E-state index in [-0.39, 0.29) is 35.6 Å². The summed E-state index contributed by atoms with van der Waals surface area (Å²) in [5.74, 6) is -0.153. The van der Waals surface area contributed by atoms with Gasteiger partial charge in [-0.25, -0.2) is 4.39 Å². The zero-order valence-corrected chi connectivity index (χ0v) is 19.0. The van der Waals surface area contributed by atoms with E-state index in [4.69, 9.17) is 9.47 Å². The molecule has 2 fully saturated rings. The molecular formula is C24H31FN4O4. The summed E-state index contributed by atoms with van der Waals surface area (Å²) < 4.78 is 25.7. The molecule has 4 rings (SSSR count). The number of hydrogen-bond donors (Lipinski definition) is 1. The molecule has 2 aromatic rings. The molecule has 0 spiro atoms. The maximum atomic E-state index is 13.2. The van der Waals surface area contributed by atoms with Gasteiger partial charge in [0.05, 0.1) is 19.4 Å². The van der Waals surface area contributed by atoms with E-state index in [1.165, 1.54) is 19.2 Å². The summed E-state index contributed by atoms with van der Waals surface area (Å²) in [6.45, 7) is 5.09. The number of ether oxygens (including phenoxy) is 2. The molecule has 1 N–H and O–H groups in total. The minimum atomic E-state index is -0.241. The van der Waals surface area contributed by atoms with Crippen molar-refractivity contribution in [2.45, 2.75) is 32.0 Å². The Hall–Kier alpha value is -2.91. The van der Waals surface area contributed by atoms with Crippen molar-refractivity contribution in [3.8, 4) is 5.75 Å². The van der Waals surface area contributed by atoms with Crippen LogP contribution in [-0.2, 0) is 22.6 Å². The van der Waals surface area contributed by atoms with Crippen molar-refractivity contribution in [2.75, 3.05) is 51.3 Å². The molecule has 3 heterocycles. The van der Waals surface area contributed by atoms with Gasteiger partial charge in [0, 0.05) is 63.3 Å². The lowest BCUT2D eigenvalue weighted by molar-refractivity contribution is -0.122. The Morgan fingerprint density at radius 2 is 1.97 bits per heavy atom. The van der Waals surface area contributed by atoms with Gasteiger partial charge in [-0.3, -0.25) is 14.5 Å². The normalized spacial score (nSPS) is 19.0. The molecule has 0 unspecified atom stereocenters. The number of amides is 1. The summed E-state index contributed by atoms with van der Waals surface area (Å²) in [7, 11) is 1.45. The van der Waals surface area contributed by atoms with Gasteiger partial charge >= 0.3 is 0 Å². The lowest BCUT2D eigenvalue weighted by Gasteiger charge is -2.36. The van der Waals surface area contributed by atoms with Crippen LogP contribution < -0.4 is 20.4 Å². The molecule has 0 aliphatic carbocycles. The van der Waals surface area contributed by atoms with Crippen LogP contribution in [0.1, 0.15) is 18.5 Å². The molecule has 1 amide bonds. The molecule has 33 heavy (non-hydrogen) atoms. The molecule has 2 saturated heterocycles. The average Bonchev–Trinajstić information content (AvgIpc) is 3.34. The topological polar surface area (TPSA) is 76.0 Å². The number of halogens is 1. The second-order valence-corrected chi connectivity index (χ2v) is 8.50. The third kappa shape index (κ3) is 6.11. The van der Waals surface area contributed by atoms with E-state index in [2.05, 4.69) is 15.1 Å². The fourth-order valence-corrected chi connectivity index (χ4v) is 4.32. The summed E-state index contributed by atoms with van der Waals surface area (Å²) in [6, 6.07) is 8.09. The molecular weight excluding hydrogens is 427 g/mol. The number of rotatable bonds is 8. The first-order valence-electron chi connectivity index (χ1n) is 11.4. The van der Waals surface area contributed by atoms with Crippen molar-refractivity contribution in [3.63, 3.8) is 0 Å².